The number of carboxylic acids is 1. The number of benzene rings is 3. The highest BCUT2D eigenvalue weighted by Gasteiger charge is 2.45. The molecule has 1 atom stereocenters. The van der Waals surface area contributed by atoms with Gasteiger partial charge in [0, 0.05) is 49.9 Å². The lowest BCUT2D eigenvalue weighted by Crippen LogP contribution is -2.58. The van der Waals surface area contributed by atoms with Crippen molar-refractivity contribution in [1.82, 2.24) is 9.80 Å². The standard InChI is InChI=1S/C38H47ClN2O5/c1-6-44-34-21-35(31(39)20-26(34)22-40-23-38(5,24-40)36(42)43)46-33-15-14-29-28(11-7-12-30(29)33)27-10-8-13-32(25(27)2)45-19-9-17-41-18-16-37(41,3)4/h7-8,10-13,20-21,33H,6,9,14-19,22-24H2,1-5H3,(H,42,43)/t33-/m0/s1. The van der Waals surface area contributed by atoms with Gasteiger partial charge >= 0.3 is 5.97 Å². The highest BCUT2D eigenvalue weighted by Crippen LogP contribution is 2.44. The molecule has 3 aliphatic rings. The Bertz CT molecular complexity index is 1600. The summed E-state index contributed by atoms with van der Waals surface area (Å²) >= 11 is 6.81. The Kier molecular flexibility index (Phi) is 9.30. The predicted octanol–water partition coefficient (Wildman–Crippen LogP) is 7.94. The van der Waals surface area contributed by atoms with Crippen LogP contribution in [-0.4, -0.2) is 65.8 Å². The first-order valence-corrected chi connectivity index (χ1v) is 17.0. The summed E-state index contributed by atoms with van der Waals surface area (Å²) in [4.78, 5) is 16.2. The molecule has 2 aliphatic heterocycles. The summed E-state index contributed by atoms with van der Waals surface area (Å²) in [7, 11) is 0. The van der Waals surface area contributed by atoms with Gasteiger partial charge < -0.3 is 19.3 Å². The summed E-state index contributed by atoms with van der Waals surface area (Å²) in [6.07, 6.45) is 3.94. The molecule has 7 nitrogen and oxygen atoms in total. The average Bonchev–Trinajstić information content (AvgIpc) is 3.41. The second-order valence-electron chi connectivity index (χ2n) is 14.0. The third kappa shape index (κ3) is 6.47. The summed E-state index contributed by atoms with van der Waals surface area (Å²) in [6.45, 7) is 15.6. The number of rotatable bonds is 13. The molecule has 0 aromatic heterocycles. The molecule has 8 heteroatoms. The SMILES string of the molecule is CCOc1cc(O[C@H]2CCc3c(-c4cccc(OCCCN5CCC5(C)C)c4C)cccc32)c(Cl)cc1CN1CC(C)(C(=O)O)C1. The third-order valence-corrected chi connectivity index (χ3v) is 10.5. The van der Waals surface area contributed by atoms with Crippen LogP contribution in [0.15, 0.2) is 48.5 Å². The number of aliphatic carboxylic acids is 1. The summed E-state index contributed by atoms with van der Waals surface area (Å²) in [5, 5.41) is 10.0. The Hall–Kier alpha value is -3.26. The molecule has 0 unspecified atom stereocenters. The van der Waals surface area contributed by atoms with E-state index >= 15 is 0 Å². The number of carbonyl (C=O) groups is 1. The quantitative estimate of drug-likeness (QED) is 0.189. The van der Waals surface area contributed by atoms with E-state index in [0.717, 1.165) is 48.4 Å². The lowest BCUT2D eigenvalue weighted by Gasteiger charge is -2.48. The van der Waals surface area contributed by atoms with Gasteiger partial charge in [0.25, 0.3) is 0 Å². The van der Waals surface area contributed by atoms with Crippen LogP contribution in [0.3, 0.4) is 0 Å². The second kappa shape index (κ2) is 13.1. The molecule has 1 aliphatic carbocycles. The Morgan fingerprint density at radius 2 is 1.78 bits per heavy atom. The van der Waals surface area contributed by atoms with Crippen LogP contribution in [0, 0.1) is 12.3 Å². The van der Waals surface area contributed by atoms with E-state index in [1.165, 1.54) is 35.2 Å². The van der Waals surface area contributed by atoms with E-state index in [9.17, 15) is 9.90 Å². The summed E-state index contributed by atoms with van der Waals surface area (Å²) < 4.78 is 18.9. The van der Waals surface area contributed by atoms with Crippen LogP contribution >= 0.6 is 11.6 Å². The molecule has 246 valence electrons. The van der Waals surface area contributed by atoms with Crippen molar-refractivity contribution in [3.05, 3.63) is 75.8 Å². The predicted molar refractivity (Wildman–Crippen MR) is 182 cm³/mol. The lowest BCUT2D eigenvalue weighted by molar-refractivity contribution is -0.158. The van der Waals surface area contributed by atoms with Crippen LogP contribution in [0.5, 0.6) is 17.2 Å². The number of halogens is 1. The van der Waals surface area contributed by atoms with Crippen molar-refractivity contribution in [2.24, 2.45) is 5.41 Å². The maximum Gasteiger partial charge on any atom is 0.311 e. The first-order valence-electron chi connectivity index (χ1n) is 16.7. The van der Waals surface area contributed by atoms with Crippen LogP contribution < -0.4 is 14.2 Å². The van der Waals surface area contributed by atoms with Gasteiger partial charge in [-0.2, -0.15) is 0 Å². The number of carboxylic acid groups (broad SMARTS) is 1. The van der Waals surface area contributed by atoms with Crippen molar-refractivity contribution in [1.29, 1.82) is 0 Å². The molecular weight excluding hydrogens is 600 g/mol. The molecule has 1 N–H and O–H groups in total. The number of hydrogen-bond acceptors (Lipinski definition) is 6. The third-order valence-electron chi connectivity index (χ3n) is 10.2. The molecule has 3 aromatic rings. The minimum absolute atomic E-state index is 0.120. The Labute approximate surface area is 278 Å². The van der Waals surface area contributed by atoms with Gasteiger partial charge in [0.05, 0.1) is 23.7 Å². The molecule has 3 aromatic carbocycles. The fourth-order valence-corrected chi connectivity index (χ4v) is 7.52. The molecule has 46 heavy (non-hydrogen) atoms. The highest BCUT2D eigenvalue weighted by atomic mass is 35.5. The van der Waals surface area contributed by atoms with Gasteiger partial charge in [0.2, 0.25) is 0 Å². The van der Waals surface area contributed by atoms with Crippen molar-refractivity contribution in [2.75, 3.05) is 39.4 Å². The van der Waals surface area contributed by atoms with E-state index < -0.39 is 11.4 Å². The fraction of sp³-hybridized carbons (Fsp3) is 0.500. The van der Waals surface area contributed by atoms with Gasteiger partial charge in [-0.15, -0.1) is 0 Å². The zero-order chi connectivity index (χ0) is 32.6. The van der Waals surface area contributed by atoms with Crippen molar-refractivity contribution >= 4 is 17.6 Å². The number of fused-ring (bicyclic) bond motifs is 1. The summed E-state index contributed by atoms with van der Waals surface area (Å²) in [6, 6.07) is 16.7. The molecule has 6 rings (SSSR count). The molecule has 2 fully saturated rings. The second-order valence-corrected chi connectivity index (χ2v) is 14.4. The van der Waals surface area contributed by atoms with Crippen molar-refractivity contribution < 1.29 is 24.1 Å². The number of hydrogen-bond donors (Lipinski definition) is 1. The molecule has 0 spiro atoms. The monoisotopic (exact) mass is 646 g/mol. The van der Waals surface area contributed by atoms with E-state index in [2.05, 4.69) is 67.0 Å². The number of likely N-dealkylation sites (tertiary alicyclic amines) is 2. The zero-order valence-electron chi connectivity index (χ0n) is 27.8. The Morgan fingerprint density at radius 3 is 2.48 bits per heavy atom. The maximum atomic E-state index is 11.6. The topological polar surface area (TPSA) is 71.5 Å². The molecule has 2 saturated heterocycles. The van der Waals surface area contributed by atoms with Crippen molar-refractivity contribution in [2.45, 2.75) is 78.5 Å². The van der Waals surface area contributed by atoms with Gasteiger partial charge in [-0.3, -0.25) is 14.6 Å². The maximum absolute atomic E-state index is 11.6. The average molecular weight is 647 g/mol. The van der Waals surface area contributed by atoms with Gasteiger partial charge in [0.15, 0.2) is 0 Å². The minimum atomic E-state index is -0.760. The smallest absolute Gasteiger partial charge is 0.311 e. The van der Waals surface area contributed by atoms with E-state index in [1.807, 2.05) is 19.1 Å². The molecule has 0 saturated carbocycles. The fourth-order valence-electron chi connectivity index (χ4n) is 7.28. The Balaban J connectivity index is 1.15. The van der Waals surface area contributed by atoms with Gasteiger partial charge in [0.1, 0.15) is 23.4 Å². The van der Waals surface area contributed by atoms with E-state index in [4.69, 9.17) is 25.8 Å². The first kappa shape index (κ1) is 32.7. The van der Waals surface area contributed by atoms with Gasteiger partial charge in [-0.05, 0) is 100 Å². The molecular formula is C38H47ClN2O5. The lowest BCUT2D eigenvalue weighted by atomic mass is 9.82. The van der Waals surface area contributed by atoms with E-state index in [1.54, 1.807) is 6.92 Å². The van der Waals surface area contributed by atoms with Crippen LogP contribution in [0.1, 0.15) is 75.3 Å². The largest absolute Gasteiger partial charge is 0.493 e. The first-order chi connectivity index (χ1) is 22.0. The molecule has 2 heterocycles. The highest BCUT2D eigenvalue weighted by molar-refractivity contribution is 6.32. The van der Waals surface area contributed by atoms with Crippen LogP contribution in [0.25, 0.3) is 11.1 Å². The zero-order valence-corrected chi connectivity index (χ0v) is 28.6. The summed E-state index contributed by atoms with van der Waals surface area (Å²) in [5.41, 5.74) is 6.65. The number of nitrogens with zero attached hydrogens (tertiary/aromatic N) is 2. The molecule has 0 amide bonds. The normalized spacial score (nSPS) is 20.0. The van der Waals surface area contributed by atoms with Crippen LogP contribution in [0.2, 0.25) is 5.02 Å². The molecule has 0 bridgehead atoms. The van der Waals surface area contributed by atoms with Gasteiger partial charge in [-0.25, -0.2) is 0 Å². The Morgan fingerprint density at radius 1 is 1.02 bits per heavy atom. The summed E-state index contributed by atoms with van der Waals surface area (Å²) in [5.74, 6) is 1.51. The van der Waals surface area contributed by atoms with E-state index in [-0.39, 0.29) is 6.10 Å². The van der Waals surface area contributed by atoms with Crippen molar-refractivity contribution in [3.8, 4) is 28.4 Å². The number of ether oxygens (including phenoxy) is 3. The van der Waals surface area contributed by atoms with Crippen molar-refractivity contribution in [3.63, 3.8) is 0 Å². The molecule has 0 radical (unpaired) electrons. The van der Waals surface area contributed by atoms with Gasteiger partial charge in [-0.1, -0.05) is 41.9 Å². The minimum Gasteiger partial charge on any atom is -0.493 e. The van der Waals surface area contributed by atoms with Crippen LogP contribution in [0.4, 0.5) is 0 Å². The van der Waals surface area contributed by atoms with Crippen LogP contribution in [-0.2, 0) is 17.8 Å². The van der Waals surface area contributed by atoms with E-state index in [0.29, 0.717) is 49.2 Å².